The van der Waals surface area contributed by atoms with Gasteiger partial charge in [0, 0.05) is 42.4 Å². The molecule has 1 aromatic heterocycles. The fourth-order valence-corrected chi connectivity index (χ4v) is 5.10. The molecule has 9 heteroatoms. The zero-order valence-corrected chi connectivity index (χ0v) is 21.2. The number of aliphatic hydroxyl groups excluding tert-OH is 1. The molecule has 1 aliphatic rings. The highest BCUT2D eigenvalue weighted by Crippen LogP contribution is 2.43. The number of rotatable bonds is 9. The second kappa shape index (κ2) is 12.2. The fraction of sp³-hybridized carbons (Fsp3) is 0.333. The van der Waals surface area contributed by atoms with Crippen molar-refractivity contribution in [2.24, 2.45) is 13.0 Å². The first-order chi connectivity index (χ1) is 17.5. The van der Waals surface area contributed by atoms with Gasteiger partial charge < -0.3 is 23.9 Å². The Morgan fingerprint density at radius 2 is 2.06 bits per heavy atom. The lowest BCUT2D eigenvalue weighted by atomic mass is 9.91. The van der Waals surface area contributed by atoms with Crippen LogP contribution in [0.4, 0.5) is 10.5 Å². The van der Waals surface area contributed by atoms with Crippen LogP contribution in [0.1, 0.15) is 36.0 Å². The van der Waals surface area contributed by atoms with Crippen LogP contribution in [0, 0.1) is 5.92 Å². The molecule has 0 bridgehead atoms. The van der Waals surface area contributed by atoms with Crippen molar-refractivity contribution in [3.05, 3.63) is 90.3 Å². The van der Waals surface area contributed by atoms with E-state index in [4.69, 9.17) is 14.2 Å². The number of hydrogen-bond acceptors (Lipinski definition) is 7. The van der Waals surface area contributed by atoms with Crippen LogP contribution in [0.5, 0.6) is 0 Å². The van der Waals surface area contributed by atoms with Crippen LogP contribution < -0.4 is 5.32 Å². The number of aliphatic hydroxyl groups is 1. The van der Waals surface area contributed by atoms with E-state index in [1.165, 1.54) is 6.08 Å². The molecule has 0 radical (unpaired) electrons. The van der Waals surface area contributed by atoms with Crippen molar-refractivity contribution < 1.29 is 24.1 Å². The number of aryl methyl sites for hydroxylation is 1. The van der Waals surface area contributed by atoms with E-state index in [0.717, 1.165) is 21.8 Å². The number of ether oxygens (including phenoxy) is 3. The number of imidazole rings is 1. The second-order valence-electron chi connectivity index (χ2n) is 8.59. The summed E-state index contributed by atoms with van der Waals surface area (Å²) in [5.41, 5.74) is 3.23. The maximum atomic E-state index is 12.0. The van der Waals surface area contributed by atoms with Crippen LogP contribution in [0.2, 0.25) is 0 Å². The molecule has 2 heterocycles. The van der Waals surface area contributed by atoms with Crippen LogP contribution in [-0.4, -0.2) is 39.2 Å². The Balaban J connectivity index is 1.56. The third-order valence-electron chi connectivity index (χ3n) is 6.01. The molecule has 2 aromatic carbocycles. The number of nitrogens with one attached hydrogen (secondary N) is 1. The highest BCUT2D eigenvalue weighted by molar-refractivity contribution is 7.99. The van der Waals surface area contributed by atoms with E-state index in [2.05, 4.69) is 23.8 Å². The van der Waals surface area contributed by atoms with Crippen LogP contribution in [0.3, 0.4) is 0 Å². The topological polar surface area (TPSA) is 94.8 Å². The zero-order chi connectivity index (χ0) is 25.5. The van der Waals surface area contributed by atoms with E-state index in [1.807, 2.05) is 60.3 Å². The average molecular weight is 510 g/mol. The number of amides is 1. The first-order valence-electron chi connectivity index (χ1n) is 11.7. The molecule has 0 aliphatic carbocycles. The molecule has 4 rings (SSSR count). The minimum Gasteiger partial charge on any atom is -0.445 e. The third-order valence-corrected chi connectivity index (χ3v) is 7.16. The lowest BCUT2D eigenvalue weighted by Gasteiger charge is -2.41. The highest BCUT2D eigenvalue weighted by atomic mass is 32.2. The zero-order valence-electron chi connectivity index (χ0n) is 20.4. The van der Waals surface area contributed by atoms with Gasteiger partial charge >= 0.3 is 6.09 Å². The maximum absolute atomic E-state index is 12.0. The fourth-order valence-electron chi connectivity index (χ4n) is 4.01. The van der Waals surface area contributed by atoms with Crippen LogP contribution in [0.25, 0.3) is 0 Å². The van der Waals surface area contributed by atoms with E-state index in [1.54, 1.807) is 24.0 Å². The lowest BCUT2D eigenvalue weighted by molar-refractivity contribution is -0.268. The number of hydrogen-bond donors (Lipinski definition) is 2. The summed E-state index contributed by atoms with van der Waals surface area (Å²) >= 11 is 1.64. The van der Waals surface area contributed by atoms with E-state index in [0.29, 0.717) is 11.4 Å². The van der Waals surface area contributed by atoms with Gasteiger partial charge in [0.2, 0.25) is 0 Å². The van der Waals surface area contributed by atoms with Crippen LogP contribution >= 0.6 is 11.8 Å². The second-order valence-corrected chi connectivity index (χ2v) is 9.58. The SMILES string of the molecule is C=CCOC(=O)Nc1cccc([C@@H]2O[C@H](CSc3nccn3C)[C@H](C)[C@H](c3ccc(CO)cc3)O2)c1. The molecular formula is C27H31N3O5S. The largest absolute Gasteiger partial charge is 0.445 e. The van der Waals surface area contributed by atoms with Crippen LogP contribution in [0.15, 0.2) is 78.7 Å². The van der Waals surface area contributed by atoms with Gasteiger partial charge in [-0.1, -0.05) is 67.7 Å². The Morgan fingerprint density at radius 1 is 1.25 bits per heavy atom. The number of benzene rings is 2. The molecule has 1 amide bonds. The molecule has 1 aliphatic heterocycles. The van der Waals surface area contributed by atoms with Gasteiger partial charge in [0.05, 0.1) is 18.8 Å². The summed E-state index contributed by atoms with van der Waals surface area (Å²) in [6.45, 7) is 5.79. The number of thioether (sulfide) groups is 1. The Bertz CT molecular complexity index is 1170. The van der Waals surface area contributed by atoms with Crippen molar-refractivity contribution in [3.63, 3.8) is 0 Å². The van der Waals surface area contributed by atoms with Crippen LogP contribution in [-0.2, 0) is 27.9 Å². The average Bonchev–Trinajstić information content (AvgIpc) is 3.31. The molecule has 4 atom stereocenters. The quantitative estimate of drug-likeness (QED) is 0.301. The van der Waals surface area contributed by atoms with Gasteiger partial charge in [0.15, 0.2) is 11.4 Å². The van der Waals surface area contributed by atoms with Crippen molar-refractivity contribution in [1.29, 1.82) is 0 Å². The molecule has 1 fully saturated rings. The Kier molecular flexibility index (Phi) is 8.82. The molecule has 0 unspecified atom stereocenters. The standard InChI is InChI=1S/C27H31N3O5S/c1-4-14-33-27(32)29-22-7-5-6-21(15-22)25-34-23(17-36-26-28-12-13-30(26)3)18(2)24(35-25)20-10-8-19(16-31)9-11-20/h4-13,15,18,23-25,31H,1,14,16-17H2,2-3H3,(H,29,32)/t18-,23+,24+,25+/m0/s1. The van der Waals surface area contributed by atoms with Crippen molar-refractivity contribution in [1.82, 2.24) is 9.55 Å². The number of carbonyl (C=O) groups is 1. The maximum Gasteiger partial charge on any atom is 0.411 e. The van der Waals surface area contributed by atoms with E-state index in [-0.39, 0.29) is 31.3 Å². The van der Waals surface area contributed by atoms with Gasteiger partial charge in [-0.05, 0) is 23.3 Å². The third kappa shape index (κ3) is 6.36. The monoisotopic (exact) mass is 509 g/mol. The van der Waals surface area contributed by atoms with E-state index >= 15 is 0 Å². The summed E-state index contributed by atoms with van der Waals surface area (Å²) in [5, 5.41) is 13.1. The summed E-state index contributed by atoms with van der Waals surface area (Å²) in [5.74, 6) is 0.757. The number of aromatic nitrogens is 2. The summed E-state index contributed by atoms with van der Waals surface area (Å²) in [6, 6.07) is 15.2. The van der Waals surface area contributed by atoms with Crippen molar-refractivity contribution in [2.45, 2.75) is 37.2 Å². The molecule has 2 N–H and O–H groups in total. The van der Waals surface area contributed by atoms with Gasteiger partial charge in [0.25, 0.3) is 0 Å². The molecule has 0 spiro atoms. The lowest BCUT2D eigenvalue weighted by Crippen LogP contribution is -2.38. The van der Waals surface area contributed by atoms with Gasteiger partial charge in [0.1, 0.15) is 6.61 Å². The first-order valence-corrected chi connectivity index (χ1v) is 12.7. The van der Waals surface area contributed by atoms with Gasteiger partial charge in [-0.25, -0.2) is 9.78 Å². The number of carbonyl (C=O) groups excluding carboxylic acids is 1. The summed E-state index contributed by atoms with van der Waals surface area (Å²) in [4.78, 5) is 16.4. The Hall–Kier alpha value is -3.11. The molecule has 1 saturated heterocycles. The predicted molar refractivity (Wildman–Crippen MR) is 139 cm³/mol. The minimum atomic E-state index is -0.637. The van der Waals surface area contributed by atoms with Crippen molar-refractivity contribution in [2.75, 3.05) is 17.7 Å². The van der Waals surface area contributed by atoms with Crippen molar-refractivity contribution in [3.8, 4) is 0 Å². The number of nitrogens with zero attached hydrogens (tertiary/aromatic N) is 2. The summed E-state index contributed by atoms with van der Waals surface area (Å²) in [7, 11) is 1.97. The molecule has 190 valence electrons. The Labute approximate surface area is 215 Å². The van der Waals surface area contributed by atoms with Gasteiger partial charge in [-0.3, -0.25) is 5.32 Å². The van der Waals surface area contributed by atoms with Crippen molar-refractivity contribution >= 4 is 23.5 Å². The smallest absolute Gasteiger partial charge is 0.411 e. The molecule has 0 saturated carbocycles. The predicted octanol–water partition coefficient (Wildman–Crippen LogP) is 5.23. The minimum absolute atomic E-state index is 0.00888. The molecule has 36 heavy (non-hydrogen) atoms. The first kappa shape index (κ1) is 26.0. The summed E-state index contributed by atoms with van der Waals surface area (Å²) < 4.78 is 20.0. The summed E-state index contributed by atoms with van der Waals surface area (Å²) in [6.07, 6.45) is 3.67. The highest BCUT2D eigenvalue weighted by Gasteiger charge is 2.38. The number of anilines is 1. The van der Waals surface area contributed by atoms with E-state index < -0.39 is 12.4 Å². The van der Waals surface area contributed by atoms with Gasteiger partial charge in [-0.15, -0.1) is 0 Å². The molecular weight excluding hydrogens is 478 g/mol. The Morgan fingerprint density at radius 3 is 2.75 bits per heavy atom. The molecule has 3 aromatic rings. The van der Waals surface area contributed by atoms with Gasteiger partial charge in [-0.2, -0.15) is 0 Å². The normalized spacial score (nSPS) is 21.6. The molecule has 8 nitrogen and oxygen atoms in total. The van der Waals surface area contributed by atoms with E-state index in [9.17, 15) is 9.90 Å².